The fourth-order valence-electron chi connectivity index (χ4n) is 2.17. The zero-order valence-corrected chi connectivity index (χ0v) is 9.76. The van der Waals surface area contributed by atoms with Crippen LogP contribution in [0, 0.1) is 18.2 Å². The molecular weight excluding hydrogens is 203 g/mol. The molecule has 1 aliphatic heterocycles. The van der Waals surface area contributed by atoms with Crippen molar-refractivity contribution >= 4 is 5.84 Å². The second-order valence-electron chi connectivity index (χ2n) is 4.43. The lowest BCUT2D eigenvalue weighted by Crippen LogP contribution is -2.27. The quantitative estimate of drug-likeness (QED) is 0.813. The van der Waals surface area contributed by atoms with Crippen molar-refractivity contribution in [1.29, 1.82) is 5.41 Å². The molecular formula is C13H17FN2. The monoisotopic (exact) mass is 220 g/mol. The maximum atomic E-state index is 13.5. The molecule has 1 fully saturated rings. The van der Waals surface area contributed by atoms with Gasteiger partial charge in [-0.25, -0.2) is 4.39 Å². The van der Waals surface area contributed by atoms with E-state index < -0.39 is 0 Å². The third-order valence-corrected chi connectivity index (χ3v) is 3.31. The third-order valence-electron chi connectivity index (χ3n) is 3.31. The molecule has 1 N–H and O–H groups in total. The highest BCUT2D eigenvalue weighted by atomic mass is 19.1. The standard InChI is InChI=1S/C13H17FN2/c1-9-5-6-11(8-12(9)14)10(2)16-7-3-4-13(16)15/h5-6,8,10,15H,3-4,7H2,1-2H3. The van der Waals surface area contributed by atoms with Crippen LogP contribution in [0.5, 0.6) is 0 Å². The number of halogens is 1. The van der Waals surface area contributed by atoms with Gasteiger partial charge in [-0.1, -0.05) is 12.1 Å². The van der Waals surface area contributed by atoms with Crippen LogP contribution in [0.25, 0.3) is 0 Å². The van der Waals surface area contributed by atoms with Crippen molar-refractivity contribution in [2.45, 2.75) is 32.7 Å². The van der Waals surface area contributed by atoms with Gasteiger partial charge in [-0.3, -0.25) is 5.41 Å². The zero-order valence-electron chi connectivity index (χ0n) is 9.76. The molecule has 1 atom stereocenters. The Morgan fingerprint density at radius 3 is 2.75 bits per heavy atom. The Hall–Kier alpha value is -1.38. The summed E-state index contributed by atoms with van der Waals surface area (Å²) in [5.41, 5.74) is 1.63. The van der Waals surface area contributed by atoms with Crippen LogP contribution in [-0.2, 0) is 0 Å². The minimum absolute atomic E-state index is 0.102. The van der Waals surface area contributed by atoms with Crippen molar-refractivity contribution in [2.24, 2.45) is 0 Å². The number of nitrogens with one attached hydrogen (secondary N) is 1. The van der Waals surface area contributed by atoms with Gasteiger partial charge in [-0.15, -0.1) is 0 Å². The fourth-order valence-corrected chi connectivity index (χ4v) is 2.17. The van der Waals surface area contributed by atoms with E-state index in [9.17, 15) is 4.39 Å². The number of likely N-dealkylation sites (tertiary alicyclic amines) is 1. The van der Waals surface area contributed by atoms with Gasteiger partial charge in [-0.2, -0.15) is 0 Å². The molecule has 3 heteroatoms. The van der Waals surface area contributed by atoms with Gasteiger partial charge in [0, 0.05) is 13.0 Å². The van der Waals surface area contributed by atoms with Gasteiger partial charge in [0.05, 0.1) is 11.9 Å². The van der Waals surface area contributed by atoms with Gasteiger partial charge < -0.3 is 4.90 Å². The fraction of sp³-hybridized carbons (Fsp3) is 0.462. The number of hydrogen-bond acceptors (Lipinski definition) is 1. The maximum Gasteiger partial charge on any atom is 0.126 e. The van der Waals surface area contributed by atoms with Gasteiger partial charge in [0.1, 0.15) is 5.82 Å². The third kappa shape index (κ3) is 1.94. The van der Waals surface area contributed by atoms with Crippen LogP contribution >= 0.6 is 0 Å². The molecule has 2 nitrogen and oxygen atoms in total. The van der Waals surface area contributed by atoms with Crippen LogP contribution in [0.1, 0.15) is 36.9 Å². The van der Waals surface area contributed by atoms with E-state index in [1.54, 1.807) is 19.1 Å². The van der Waals surface area contributed by atoms with E-state index in [1.807, 2.05) is 17.9 Å². The highest BCUT2D eigenvalue weighted by Crippen LogP contribution is 2.26. The molecule has 1 aliphatic rings. The van der Waals surface area contributed by atoms with Crippen molar-refractivity contribution < 1.29 is 4.39 Å². The largest absolute Gasteiger partial charge is 0.354 e. The van der Waals surface area contributed by atoms with Crippen LogP contribution in [0.3, 0.4) is 0 Å². The molecule has 0 aromatic heterocycles. The molecule has 1 heterocycles. The van der Waals surface area contributed by atoms with Crippen LogP contribution in [0.4, 0.5) is 4.39 Å². The zero-order chi connectivity index (χ0) is 11.7. The van der Waals surface area contributed by atoms with E-state index in [0.29, 0.717) is 11.4 Å². The minimum Gasteiger partial charge on any atom is -0.354 e. The van der Waals surface area contributed by atoms with E-state index in [0.717, 1.165) is 24.9 Å². The van der Waals surface area contributed by atoms with E-state index in [4.69, 9.17) is 5.41 Å². The molecule has 0 spiro atoms. The first-order valence-corrected chi connectivity index (χ1v) is 5.69. The molecule has 1 saturated heterocycles. The Morgan fingerprint density at radius 2 is 2.19 bits per heavy atom. The number of aryl methyl sites for hydroxylation is 1. The second-order valence-corrected chi connectivity index (χ2v) is 4.43. The number of hydrogen-bond donors (Lipinski definition) is 1. The molecule has 0 bridgehead atoms. The Bertz CT molecular complexity index is 414. The van der Waals surface area contributed by atoms with Gasteiger partial charge in [0.15, 0.2) is 0 Å². The van der Waals surface area contributed by atoms with E-state index in [1.165, 1.54) is 0 Å². The van der Waals surface area contributed by atoms with E-state index >= 15 is 0 Å². The topological polar surface area (TPSA) is 27.1 Å². The Morgan fingerprint density at radius 1 is 1.44 bits per heavy atom. The summed E-state index contributed by atoms with van der Waals surface area (Å²) in [5, 5.41) is 7.81. The van der Waals surface area contributed by atoms with Crippen LogP contribution in [0.15, 0.2) is 18.2 Å². The second kappa shape index (κ2) is 4.24. The summed E-state index contributed by atoms with van der Waals surface area (Å²) in [4.78, 5) is 2.05. The predicted molar refractivity (Wildman–Crippen MR) is 63.2 cm³/mol. The molecule has 0 radical (unpaired) electrons. The first-order chi connectivity index (χ1) is 7.59. The summed E-state index contributed by atoms with van der Waals surface area (Å²) in [6.07, 6.45) is 1.89. The maximum absolute atomic E-state index is 13.5. The molecule has 0 amide bonds. The molecule has 16 heavy (non-hydrogen) atoms. The predicted octanol–water partition coefficient (Wildman–Crippen LogP) is 3.27. The minimum atomic E-state index is -0.157. The molecule has 86 valence electrons. The van der Waals surface area contributed by atoms with Crippen molar-refractivity contribution in [3.8, 4) is 0 Å². The van der Waals surface area contributed by atoms with Crippen molar-refractivity contribution in [2.75, 3.05) is 6.54 Å². The van der Waals surface area contributed by atoms with Gasteiger partial charge in [-0.05, 0) is 37.5 Å². The Kier molecular flexibility index (Phi) is 2.95. The number of rotatable bonds is 2. The van der Waals surface area contributed by atoms with E-state index in [2.05, 4.69) is 0 Å². The summed E-state index contributed by atoms with van der Waals surface area (Å²) in [6.45, 7) is 4.71. The molecule has 0 aliphatic carbocycles. The van der Waals surface area contributed by atoms with Crippen molar-refractivity contribution in [3.05, 3.63) is 35.1 Å². The number of nitrogens with zero attached hydrogens (tertiary/aromatic N) is 1. The number of amidine groups is 1. The average Bonchev–Trinajstić information content (AvgIpc) is 2.67. The summed E-state index contributed by atoms with van der Waals surface area (Å²) in [7, 11) is 0. The molecule has 1 aromatic rings. The van der Waals surface area contributed by atoms with Gasteiger partial charge >= 0.3 is 0 Å². The molecule has 1 aromatic carbocycles. The van der Waals surface area contributed by atoms with Crippen molar-refractivity contribution in [3.63, 3.8) is 0 Å². The van der Waals surface area contributed by atoms with Gasteiger partial charge in [0.2, 0.25) is 0 Å². The van der Waals surface area contributed by atoms with Crippen LogP contribution in [0.2, 0.25) is 0 Å². The van der Waals surface area contributed by atoms with Crippen LogP contribution in [-0.4, -0.2) is 17.3 Å². The lowest BCUT2D eigenvalue weighted by atomic mass is 10.0. The molecule has 1 unspecified atom stereocenters. The lowest BCUT2D eigenvalue weighted by molar-refractivity contribution is 0.361. The van der Waals surface area contributed by atoms with Crippen molar-refractivity contribution in [1.82, 2.24) is 4.90 Å². The highest BCUT2D eigenvalue weighted by Gasteiger charge is 2.23. The average molecular weight is 220 g/mol. The number of benzene rings is 1. The first kappa shape index (κ1) is 11.1. The summed E-state index contributed by atoms with van der Waals surface area (Å²) in [6, 6.07) is 5.45. The molecule has 0 saturated carbocycles. The molecule has 2 rings (SSSR count). The van der Waals surface area contributed by atoms with Gasteiger partial charge in [0.25, 0.3) is 0 Å². The SMILES string of the molecule is Cc1ccc(C(C)N2CCCC2=N)cc1F. The summed E-state index contributed by atoms with van der Waals surface area (Å²) in [5.74, 6) is 0.517. The Balaban J connectivity index is 2.23. The summed E-state index contributed by atoms with van der Waals surface area (Å²) < 4.78 is 13.5. The lowest BCUT2D eigenvalue weighted by Gasteiger charge is -2.26. The Labute approximate surface area is 95.6 Å². The normalized spacial score (nSPS) is 17.9. The smallest absolute Gasteiger partial charge is 0.126 e. The van der Waals surface area contributed by atoms with E-state index in [-0.39, 0.29) is 11.9 Å². The summed E-state index contributed by atoms with van der Waals surface area (Å²) >= 11 is 0. The highest BCUT2D eigenvalue weighted by molar-refractivity contribution is 5.81. The van der Waals surface area contributed by atoms with Crippen LogP contribution < -0.4 is 0 Å². The first-order valence-electron chi connectivity index (χ1n) is 5.69.